The second-order valence-corrected chi connectivity index (χ2v) is 8.03. The van der Waals surface area contributed by atoms with E-state index in [0.717, 1.165) is 24.9 Å². The summed E-state index contributed by atoms with van der Waals surface area (Å²) in [5.41, 5.74) is 1.36. The van der Waals surface area contributed by atoms with Crippen molar-refractivity contribution >= 4 is 17.0 Å². The van der Waals surface area contributed by atoms with Gasteiger partial charge in [0.1, 0.15) is 17.0 Å². The minimum absolute atomic E-state index is 0.0746. The Bertz CT molecular complexity index is 1090. The van der Waals surface area contributed by atoms with Crippen molar-refractivity contribution < 1.29 is 8.78 Å². The molecule has 4 rings (SSSR count). The number of aryl methyl sites for hydroxylation is 1. The van der Waals surface area contributed by atoms with E-state index in [0.29, 0.717) is 22.9 Å². The largest absolute Gasteiger partial charge is 0.348 e. The van der Waals surface area contributed by atoms with Crippen molar-refractivity contribution in [1.82, 2.24) is 19.5 Å². The zero-order valence-corrected chi connectivity index (χ0v) is 17.1. The molecule has 1 N–H and O–H groups in total. The zero-order chi connectivity index (χ0) is 20.7. The van der Waals surface area contributed by atoms with Crippen molar-refractivity contribution in [2.24, 2.45) is 5.92 Å². The van der Waals surface area contributed by atoms with Crippen LogP contribution in [0.2, 0.25) is 0 Å². The van der Waals surface area contributed by atoms with E-state index in [1.165, 1.54) is 6.07 Å². The van der Waals surface area contributed by atoms with Crippen molar-refractivity contribution in [1.29, 1.82) is 0 Å². The first-order chi connectivity index (χ1) is 13.8. The molecule has 5 nitrogen and oxygen atoms in total. The molecule has 0 aliphatic heterocycles. The second-order valence-electron chi connectivity index (χ2n) is 8.03. The fourth-order valence-corrected chi connectivity index (χ4v) is 3.94. The van der Waals surface area contributed by atoms with Gasteiger partial charge in [-0.05, 0) is 51.7 Å². The van der Waals surface area contributed by atoms with Gasteiger partial charge in [0.15, 0.2) is 11.6 Å². The third-order valence-corrected chi connectivity index (χ3v) is 5.38. The molecule has 152 valence electrons. The van der Waals surface area contributed by atoms with E-state index in [-0.39, 0.29) is 23.3 Å². The topological polar surface area (TPSA) is 55.6 Å². The Kier molecular flexibility index (Phi) is 5.06. The van der Waals surface area contributed by atoms with Gasteiger partial charge in [-0.15, -0.1) is 0 Å². The predicted molar refractivity (Wildman–Crippen MR) is 111 cm³/mol. The van der Waals surface area contributed by atoms with Gasteiger partial charge in [0.25, 0.3) is 0 Å². The number of rotatable bonds is 4. The first kappa shape index (κ1) is 19.5. The van der Waals surface area contributed by atoms with E-state index in [9.17, 15) is 8.78 Å². The van der Waals surface area contributed by atoms with E-state index in [2.05, 4.69) is 39.3 Å². The summed E-state index contributed by atoms with van der Waals surface area (Å²) in [7, 11) is 0. The highest BCUT2D eigenvalue weighted by atomic mass is 19.1. The molecule has 0 bridgehead atoms. The van der Waals surface area contributed by atoms with Crippen LogP contribution in [0, 0.1) is 24.5 Å². The molecule has 7 heteroatoms. The van der Waals surface area contributed by atoms with E-state index in [1.807, 2.05) is 25.3 Å². The number of fused-ring (bicyclic) bond motifs is 1. The molecule has 2 atom stereocenters. The van der Waals surface area contributed by atoms with Crippen molar-refractivity contribution in [3.63, 3.8) is 0 Å². The number of hydrogen-bond acceptors (Lipinski definition) is 4. The minimum Gasteiger partial charge on any atom is -0.348 e. The van der Waals surface area contributed by atoms with Gasteiger partial charge in [0.2, 0.25) is 5.95 Å². The van der Waals surface area contributed by atoms with Gasteiger partial charge in [-0.25, -0.2) is 23.7 Å². The summed E-state index contributed by atoms with van der Waals surface area (Å²) in [6.07, 6.45) is 7.41. The Morgan fingerprint density at radius 3 is 2.59 bits per heavy atom. The van der Waals surface area contributed by atoms with Gasteiger partial charge >= 0.3 is 0 Å². The molecule has 1 aromatic carbocycles. The summed E-state index contributed by atoms with van der Waals surface area (Å²) in [5, 5.41) is 3.24. The number of imidazole rings is 1. The van der Waals surface area contributed by atoms with Crippen LogP contribution in [0.25, 0.3) is 22.3 Å². The molecule has 2 aromatic heterocycles. The summed E-state index contributed by atoms with van der Waals surface area (Å²) in [6, 6.07) is 3.24. The van der Waals surface area contributed by atoms with Crippen molar-refractivity contribution in [3.05, 3.63) is 47.9 Å². The summed E-state index contributed by atoms with van der Waals surface area (Å²) in [6.45, 7) is 8.02. The van der Waals surface area contributed by atoms with E-state index in [4.69, 9.17) is 0 Å². The normalized spacial score (nSPS) is 19.3. The number of anilines is 1. The molecule has 1 unspecified atom stereocenters. The summed E-state index contributed by atoms with van der Waals surface area (Å²) < 4.78 is 31.3. The minimum atomic E-state index is -0.588. The van der Waals surface area contributed by atoms with Crippen LogP contribution in [0.4, 0.5) is 14.7 Å². The quantitative estimate of drug-likeness (QED) is 0.597. The fourth-order valence-electron chi connectivity index (χ4n) is 3.94. The van der Waals surface area contributed by atoms with Crippen LogP contribution in [0.5, 0.6) is 0 Å². The maximum atomic E-state index is 14.8. The SMILES string of the molecule is Cc1nc2c(F)cc(-c3nc(N[C@@H]4C=CC(C)CC4)ncc3F)cc2n1C(C)C. The molecule has 0 radical (unpaired) electrons. The second kappa shape index (κ2) is 7.54. The third-order valence-electron chi connectivity index (χ3n) is 5.38. The first-order valence-corrected chi connectivity index (χ1v) is 9.99. The van der Waals surface area contributed by atoms with Crippen LogP contribution >= 0.6 is 0 Å². The number of benzene rings is 1. The molecule has 2 heterocycles. The Labute approximate surface area is 168 Å². The highest BCUT2D eigenvalue weighted by Gasteiger charge is 2.19. The number of nitrogens with zero attached hydrogens (tertiary/aromatic N) is 4. The van der Waals surface area contributed by atoms with Gasteiger partial charge in [-0.1, -0.05) is 19.1 Å². The van der Waals surface area contributed by atoms with Gasteiger partial charge in [-0.2, -0.15) is 0 Å². The highest BCUT2D eigenvalue weighted by molar-refractivity contribution is 5.83. The molecule has 29 heavy (non-hydrogen) atoms. The number of allylic oxidation sites excluding steroid dienone is 1. The smallest absolute Gasteiger partial charge is 0.223 e. The van der Waals surface area contributed by atoms with Gasteiger partial charge in [-0.3, -0.25) is 0 Å². The Hall–Kier alpha value is -2.83. The van der Waals surface area contributed by atoms with Gasteiger partial charge < -0.3 is 9.88 Å². The van der Waals surface area contributed by atoms with Crippen LogP contribution in [0.15, 0.2) is 30.5 Å². The summed E-state index contributed by atoms with van der Waals surface area (Å²) in [5.74, 6) is 0.530. The Balaban J connectivity index is 1.75. The summed E-state index contributed by atoms with van der Waals surface area (Å²) in [4.78, 5) is 12.8. The lowest BCUT2D eigenvalue weighted by atomic mass is 9.94. The molecule has 0 saturated carbocycles. The molecule has 1 aliphatic rings. The summed E-state index contributed by atoms with van der Waals surface area (Å²) >= 11 is 0. The highest BCUT2D eigenvalue weighted by Crippen LogP contribution is 2.30. The maximum Gasteiger partial charge on any atom is 0.223 e. The average Bonchev–Trinajstić information content (AvgIpc) is 3.02. The predicted octanol–water partition coefficient (Wildman–Crippen LogP) is 5.43. The molecular formula is C22H25F2N5. The molecule has 0 amide bonds. The number of hydrogen-bond donors (Lipinski definition) is 1. The molecule has 0 saturated heterocycles. The Morgan fingerprint density at radius 1 is 1.10 bits per heavy atom. The molecular weight excluding hydrogens is 372 g/mol. The zero-order valence-electron chi connectivity index (χ0n) is 17.1. The van der Waals surface area contributed by atoms with E-state index in [1.54, 1.807) is 6.07 Å². The standard InChI is InChI=1S/C22H25F2N5/c1-12(2)29-14(4)26-21-17(23)9-15(10-19(21)29)20-18(24)11-25-22(28-20)27-16-7-5-13(3)6-8-16/h5,7,9-13,16H,6,8H2,1-4H3,(H,25,27,28)/t13?,16-/m1/s1. The van der Waals surface area contributed by atoms with Crippen molar-refractivity contribution in [3.8, 4) is 11.3 Å². The van der Waals surface area contributed by atoms with Crippen LogP contribution in [0.3, 0.4) is 0 Å². The average molecular weight is 397 g/mol. The van der Waals surface area contributed by atoms with Crippen LogP contribution < -0.4 is 5.32 Å². The van der Waals surface area contributed by atoms with Crippen LogP contribution in [0.1, 0.15) is 45.5 Å². The molecule has 1 aliphatic carbocycles. The lowest BCUT2D eigenvalue weighted by Crippen LogP contribution is -2.22. The molecule has 3 aromatic rings. The Morgan fingerprint density at radius 2 is 1.90 bits per heavy atom. The fraction of sp³-hybridized carbons (Fsp3) is 0.409. The third kappa shape index (κ3) is 3.73. The van der Waals surface area contributed by atoms with Gasteiger partial charge in [0, 0.05) is 17.6 Å². The van der Waals surface area contributed by atoms with Crippen LogP contribution in [-0.4, -0.2) is 25.6 Å². The van der Waals surface area contributed by atoms with Crippen LogP contribution in [-0.2, 0) is 0 Å². The number of halogens is 2. The molecule has 0 spiro atoms. The lowest BCUT2D eigenvalue weighted by molar-refractivity contribution is 0.555. The van der Waals surface area contributed by atoms with Crippen molar-refractivity contribution in [2.75, 3.05) is 5.32 Å². The van der Waals surface area contributed by atoms with E-state index >= 15 is 0 Å². The molecule has 0 fully saturated rings. The maximum absolute atomic E-state index is 14.8. The van der Waals surface area contributed by atoms with E-state index < -0.39 is 11.6 Å². The van der Waals surface area contributed by atoms with Crippen molar-refractivity contribution in [2.45, 2.75) is 52.6 Å². The number of nitrogens with one attached hydrogen (secondary N) is 1. The first-order valence-electron chi connectivity index (χ1n) is 9.99. The lowest BCUT2D eigenvalue weighted by Gasteiger charge is -2.21. The number of aromatic nitrogens is 4. The van der Waals surface area contributed by atoms with Gasteiger partial charge in [0.05, 0.1) is 11.7 Å². The monoisotopic (exact) mass is 397 g/mol.